The topological polar surface area (TPSA) is 104 Å². The van der Waals surface area contributed by atoms with Crippen LogP contribution in [0.25, 0.3) is 11.1 Å². The molecule has 4 heterocycles. The van der Waals surface area contributed by atoms with E-state index in [1.165, 1.54) is 12.6 Å². The van der Waals surface area contributed by atoms with E-state index in [0.29, 0.717) is 22.9 Å². The zero-order valence-electron chi connectivity index (χ0n) is 18.0. The van der Waals surface area contributed by atoms with Gasteiger partial charge in [-0.1, -0.05) is 0 Å². The summed E-state index contributed by atoms with van der Waals surface area (Å²) < 4.78 is 7.17. The first-order valence-electron chi connectivity index (χ1n) is 10.3. The van der Waals surface area contributed by atoms with E-state index in [0.717, 1.165) is 36.5 Å². The molecular formula is C22H29N7O. The number of nitrogens with one attached hydrogen (secondary N) is 1. The molecule has 1 atom stereocenters. The van der Waals surface area contributed by atoms with Crippen molar-refractivity contribution in [3.05, 3.63) is 35.8 Å². The highest BCUT2D eigenvalue weighted by Crippen LogP contribution is 2.30. The maximum absolute atomic E-state index is 9.30. The molecule has 1 unspecified atom stereocenters. The van der Waals surface area contributed by atoms with Crippen LogP contribution in [0.1, 0.15) is 38.3 Å². The van der Waals surface area contributed by atoms with Crippen LogP contribution in [-0.2, 0) is 0 Å². The minimum absolute atomic E-state index is 0.222. The summed E-state index contributed by atoms with van der Waals surface area (Å²) in [4.78, 5) is 7.44. The Balaban J connectivity index is 1.51. The molecule has 2 aliphatic heterocycles. The van der Waals surface area contributed by atoms with Crippen LogP contribution in [0.5, 0.6) is 5.75 Å². The van der Waals surface area contributed by atoms with Crippen molar-refractivity contribution in [2.45, 2.75) is 44.8 Å². The molecule has 158 valence electrons. The van der Waals surface area contributed by atoms with Crippen LogP contribution in [0.15, 0.2) is 29.7 Å². The minimum Gasteiger partial charge on any atom is -0.494 e. The van der Waals surface area contributed by atoms with Gasteiger partial charge in [-0.3, -0.25) is 9.89 Å². The van der Waals surface area contributed by atoms with Crippen molar-refractivity contribution in [1.29, 1.82) is 5.26 Å². The number of aliphatic imine (C=N–C) groups is 1. The molecule has 0 radical (unpaired) electrons. The van der Waals surface area contributed by atoms with Gasteiger partial charge in [0.15, 0.2) is 0 Å². The van der Waals surface area contributed by atoms with Gasteiger partial charge in [0, 0.05) is 60.5 Å². The second-order valence-corrected chi connectivity index (χ2v) is 8.79. The third-order valence-electron chi connectivity index (χ3n) is 6.13. The molecule has 0 aromatic carbocycles. The predicted molar refractivity (Wildman–Crippen MR) is 118 cm³/mol. The second kappa shape index (κ2) is 7.74. The van der Waals surface area contributed by atoms with Gasteiger partial charge in [-0.2, -0.15) is 10.4 Å². The number of likely N-dealkylation sites (tertiary alicyclic amines) is 1. The van der Waals surface area contributed by atoms with Crippen LogP contribution in [0, 0.1) is 11.3 Å². The monoisotopic (exact) mass is 407 g/mol. The Morgan fingerprint density at radius 2 is 2.23 bits per heavy atom. The van der Waals surface area contributed by atoms with Crippen molar-refractivity contribution in [3.63, 3.8) is 0 Å². The summed E-state index contributed by atoms with van der Waals surface area (Å²) in [5.74, 6) is 0.583. The largest absolute Gasteiger partial charge is 0.494 e. The summed E-state index contributed by atoms with van der Waals surface area (Å²) in [5, 5.41) is 17.2. The smallest absolute Gasteiger partial charge is 0.146 e. The standard InChI is InChI=1S/C22H29N7O/c1-14(27-17-12-28(13-17)18-6-22(2,3)25-10-18)19(8-24)15-5-20(30-4)21-16(7-23)9-26-29(21)11-15/h5,8-9,11,17-18,25H,6,10,12-13,24H2,1-4H3/b19-8+,27-14?. The summed E-state index contributed by atoms with van der Waals surface area (Å²) in [6.07, 6.45) is 6.14. The number of hydrogen-bond donors (Lipinski definition) is 2. The number of pyridine rings is 1. The fraction of sp³-hybridized carbons (Fsp3) is 0.500. The predicted octanol–water partition coefficient (Wildman–Crippen LogP) is 1.80. The van der Waals surface area contributed by atoms with E-state index in [9.17, 15) is 5.26 Å². The number of nitrogens with two attached hydrogens (primary N) is 1. The summed E-state index contributed by atoms with van der Waals surface area (Å²) in [6.45, 7) is 9.51. The van der Waals surface area contributed by atoms with Gasteiger partial charge in [-0.15, -0.1) is 0 Å². The number of allylic oxidation sites excluding steroid dienone is 1. The fourth-order valence-electron chi connectivity index (χ4n) is 4.49. The lowest BCUT2D eigenvalue weighted by molar-refractivity contribution is 0.101. The van der Waals surface area contributed by atoms with Crippen LogP contribution in [0.3, 0.4) is 0 Å². The number of ether oxygens (including phenoxy) is 1. The molecule has 0 saturated carbocycles. The lowest BCUT2D eigenvalue weighted by Crippen LogP contribution is -2.55. The normalized spacial score (nSPS) is 22.8. The molecule has 0 amide bonds. The lowest BCUT2D eigenvalue weighted by Gasteiger charge is -2.41. The summed E-state index contributed by atoms with van der Waals surface area (Å²) >= 11 is 0. The average molecular weight is 408 g/mol. The van der Waals surface area contributed by atoms with E-state index in [2.05, 4.69) is 35.2 Å². The van der Waals surface area contributed by atoms with Crippen molar-refractivity contribution in [2.75, 3.05) is 26.7 Å². The molecule has 2 saturated heterocycles. The Morgan fingerprint density at radius 3 is 2.83 bits per heavy atom. The maximum atomic E-state index is 9.30. The molecule has 0 bridgehead atoms. The molecule has 0 spiro atoms. The van der Waals surface area contributed by atoms with Crippen molar-refractivity contribution in [3.8, 4) is 11.8 Å². The van der Waals surface area contributed by atoms with E-state index in [-0.39, 0.29) is 11.6 Å². The first-order valence-corrected chi connectivity index (χ1v) is 10.3. The van der Waals surface area contributed by atoms with Gasteiger partial charge in [0.2, 0.25) is 0 Å². The highest BCUT2D eigenvalue weighted by Gasteiger charge is 2.39. The Labute approximate surface area is 177 Å². The molecule has 2 fully saturated rings. The van der Waals surface area contributed by atoms with Crippen LogP contribution >= 0.6 is 0 Å². The fourth-order valence-corrected chi connectivity index (χ4v) is 4.49. The molecule has 2 aliphatic rings. The number of nitrogens with zero attached hydrogens (tertiary/aromatic N) is 5. The molecule has 8 heteroatoms. The van der Waals surface area contributed by atoms with Crippen molar-refractivity contribution in [2.24, 2.45) is 10.7 Å². The number of rotatable bonds is 5. The molecule has 30 heavy (non-hydrogen) atoms. The Hall–Kier alpha value is -2.89. The lowest BCUT2D eigenvalue weighted by atomic mass is 9.97. The van der Waals surface area contributed by atoms with E-state index in [4.69, 9.17) is 15.5 Å². The number of aromatic nitrogens is 2. The number of nitriles is 1. The molecule has 2 aromatic rings. The van der Waals surface area contributed by atoms with Gasteiger partial charge >= 0.3 is 0 Å². The van der Waals surface area contributed by atoms with Gasteiger partial charge in [0.05, 0.1) is 19.3 Å². The molecule has 2 aromatic heterocycles. The molecule has 3 N–H and O–H groups in total. The number of methoxy groups -OCH3 is 1. The molecule has 0 aliphatic carbocycles. The van der Waals surface area contributed by atoms with Gasteiger partial charge < -0.3 is 15.8 Å². The van der Waals surface area contributed by atoms with Gasteiger partial charge in [-0.25, -0.2) is 4.52 Å². The zero-order valence-corrected chi connectivity index (χ0v) is 18.0. The van der Waals surface area contributed by atoms with E-state index < -0.39 is 0 Å². The van der Waals surface area contributed by atoms with Crippen molar-refractivity contribution in [1.82, 2.24) is 19.8 Å². The van der Waals surface area contributed by atoms with Gasteiger partial charge in [-0.05, 0) is 33.3 Å². The van der Waals surface area contributed by atoms with Gasteiger partial charge in [0.25, 0.3) is 0 Å². The van der Waals surface area contributed by atoms with E-state index in [1.54, 1.807) is 17.8 Å². The third-order valence-corrected chi connectivity index (χ3v) is 6.13. The first kappa shape index (κ1) is 20.4. The van der Waals surface area contributed by atoms with Crippen LogP contribution < -0.4 is 15.8 Å². The summed E-state index contributed by atoms with van der Waals surface area (Å²) in [7, 11) is 1.59. The number of fused-ring (bicyclic) bond motifs is 1. The minimum atomic E-state index is 0.222. The summed E-state index contributed by atoms with van der Waals surface area (Å²) in [6, 6.07) is 4.91. The quantitative estimate of drug-likeness (QED) is 0.733. The zero-order chi connectivity index (χ0) is 21.5. The van der Waals surface area contributed by atoms with Crippen LogP contribution in [0.4, 0.5) is 0 Å². The van der Waals surface area contributed by atoms with E-state index >= 15 is 0 Å². The highest BCUT2D eigenvalue weighted by molar-refractivity contribution is 6.22. The maximum Gasteiger partial charge on any atom is 0.146 e. The van der Waals surface area contributed by atoms with Crippen LogP contribution in [-0.4, -0.2) is 64.6 Å². The van der Waals surface area contributed by atoms with Crippen molar-refractivity contribution >= 4 is 16.8 Å². The Morgan fingerprint density at radius 1 is 1.47 bits per heavy atom. The third kappa shape index (κ3) is 3.66. The SMILES string of the molecule is COc1cc(/C(=C/N)C(C)=NC2CN(C3CNC(C)(C)C3)C2)cn2ncc(C#N)c12. The Kier molecular flexibility index (Phi) is 5.26. The van der Waals surface area contributed by atoms with E-state index in [1.807, 2.05) is 19.2 Å². The van der Waals surface area contributed by atoms with Crippen LogP contribution in [0.2, 0.25) is 0 Å². The average Bonchev–Trinajstić information content (AvgIpc) is 3.26. The summed E-state index contributed by atoms with van der Waals surface area (Å²) in [5.41, 5.74) is 9.91. The first-order chi connectivity index (χ1) is 14.3. The van der Waals surface area contributed by atoms with Crippen molar-refractivity contribution < 1.29 is 4.74 Å². The number of hydrogen-bond acceptors (Lipinski definition) is 7. The van der Waals surface area contributed by atoms with Gasteiger partial charge in [0.1, 0.15) is 22.9 Å². The highest BCUT2D eigenvalue weighted by atomic mass is 16.5. The molecule has 4 rings (SSSR count). The molecular weight excluding hydrogens is 378 g/mol. The second-order valence-electron chi connectivity index (χ2n) is 8.79. The Bertz CT molecular complexity index is 1050. The molecule has 8 nitrogen and oxygen atoms in total.